The normalized spacial score (nSPS) is 17.9. The molecule has 1 amide bonds. The fourth-order valence-electron chi connectivity index (χ4n) is 2.57. The fourth-order valence-corrected chi connectivity index (χ4v) is 3.50. The highest BCUT2D eigenvalue weighted by molar-refractivity contribution is 7.80. The van der Waals surface area contributed by atoms with Crippen LogP contribution in [0.2, 0.25) is 0 Å². The topological polar surface area (TPSA) is 68.0 Å². The van der Waals surface area contributed by atoms with Gasteiger partial charge in [-0.15, -0.1) is 11.3 Å². The number of carbonyl (C=O) groups excluding carboxylic acids is 1. The summed E-state index contributed by atoms with van der Waals surface area (Å²) in [5.74, 6) is 0.262. The summed E-state index contributed by atoms with van der Waals surface area (Å²) >= 11 is 6.51. The van der Waals surface area contributed by atoms with Gasteiger partial charge in [0, 0.05) is 0 Å². The minimum atomic E-state index is -0.190. The predicted octanol–water partition coefficient (Wildman–Crippen LogP) is 2.42. The third kappa shape index (κ3) is 3.73. The van der Waals surface area contributed by atoms with Gasteiger partial charge in [0.05, 0.1) is 22.2 Å². The van der Waals surface area contributed by atoms with Crippen molar-refractivity contribution in [2.24, 2.45) is 11.7 Å². The Morgan fingerprint density at radius 2 is 2.21 bits per heavy atom. The van der Waals surface area contributed by atoms with Crippen molar-refractivity contribution < 1.29 is 4.79 Å². The molecule has 1 atom stereocenters. The third-order valence-electron chi connectivity index (χ3n) is 3.56. The molecule has 1 unspecified atom stereocenters. The maximum absolute atomic E-state index is 12.2. The van der Waals surface area contributed by atoms with Crippen molar-refractivity contribution in [1.29, 1.82) is 0 Å². The molecule has 1 fully saturated rings. The van der Waals surface area contributed by atoms with Gasteiger partial charge < -0.3 is 11.1 Å². The van der Waals surface area contributed by atoms with Crippen molar-refractivity contribution in [2.75, 3.05) is 0 Å². The van der Waals surface area contributed by atoms with E-state index in [1.54, 1.807) is 6.20 Å². The summed E-state index contributed by atoms with van der Waals surface area (Å²) in [6.45, 7) is 1.88. The summed E-state index contributed by atoms with van der Waals surface area (Å²) in [6.07, 6.45) is 7.43. The second-order valence-electron chi connectivity index (χ2n) is 5.00. The first-order valence-corrected chi connectivity index (χ1v) is 7.83. The molecule has 1 aromatic rings. The van der Waals surface area contributed by atoms with Crippen LogP contribution in [0.15, 0.2) is 6.20 Å². The Morgan fingerprint density at radius 1 is 1.53 bits per heavy atom. The quantitative estimate of drug-likeness (QED) is 0.838. The Hall–Kier alpha value is -1.01. The van der Waals surface area contributed by atoms with Crippen LogP contribution in [0.1, 0.15) is 46.8 Å². The summed E-state index contributed by atoms with van der Waals surface area (Å²) < 4.78 is 0. The van der Waals surface area contributed by atoms with E-state index in [0.717, 1.165) is 17.8 Å². The van der Waals surface area contributed by atoms with E-state index in [2.05, 4.69) is 10.3 Å². The summed E-state index contributed by atoms with van der Waals surface area (Å²) in [5.41, 5.74) is 5.80. The molecule has 0 saturated heterocycles. The zero-order valence-electron chi connectivity index (χ0n) is 11.0. The number of rotatable bonds is 4. The van der Waals surface area contributed by atoms with Crippen molar-refractivity contribution in [3.8, 4) is 0 Å². The molecule has 6 heteroatoms. The van der Waals surface area contributed by atoms with Crippen molar-refractivity contribution in [3.05, 3.63) is 16.1 Å². The summed E-state index contributed by atoms with van der Waals surface area (Å²) in [6, 6.07) is -0.190. The number of hydrogen-bond acceptors (Lipinski definition) is 4. The van der Waals surface area contributed by atoms with Crippen LogP contribution in [0, 0.1) is 12.8 Å². The van der Waals surface area contributed by atoms with Crippen molar-refractivity contribution in [1.82, 2.24) is 10.3 Å². The highest BCUT2D eigenvalue weighted by atomic mass is 32.1. The predicted molar refractivity (Wildman–Crippen MR) is 81.5 cm³/mol. The van der Waals surface area contributed by atoms with Gasteiger partial charge in [-0.05, 0) is 25.7 Å². The highest BCUT2D eigenvalue weighted by Crippen LogP contribution is 2.27. The van der Waals surface area contributed by atoms with Gasteiger partial charge in [0.25, 0.3) is 5.91 Å². The van der Waals surface area contributed by atoms with E-state index in [-0.39, 0.29) is 11.9 Å². The van der Waals surface area contributed by atoms with E-state index in [4.69, 9.17) is 18.0 Å². The average molecular weight is 297 g/mol. The number of nitrogens with one attached hydrogen (secondary N) is 1. The first-order valence-electron chi connectivity index (χ1n) is 6.60. The number of carbonyl (C=O) groups is 1. The van der Waals surface area contributed by atoms with Crippen LogP contribution >= 0.6 is 23.6 Å². The lowest BCUT2D eigenvalue weighted by atomic mass is 9.84. The second-order valence-corrected chi connectivity index (χ2v) is 6.70. The number of nitrogens with two attached hydrogens (primary N) is 1. The molecule has 1 saturated carbocycles. The lowest BCUT2D eigenvalue weighted by molar-refractivity contribution is 0.0936. The molecule has 0 radical (unpaired) electrons. The van der Waals surface area contributed by atoms with Gasteiger partial charge in [0.2, 0.25) is 0 Å². The Balaban J connectivity index is 2.04. The van der Waals surface area contributed by atoms with Gasteiger partial charge >= 0.3 is 0 Å². The molecule has 1 aromatic heterocycles. The summed E-state index contributed by atoms with van der Waals surface area (Å²) in [7, 11) is 0. The molecule has 104 valence electrons. The van der Waals surface area contributed by atoms with Gasteiger partial charge in [0.1, 0.15) is 4.88 Å². The van der Waals surface area contributed by atoms with Crippen molar-refractivity contribution in [3.63, 3.8) is 0 Å². The molecular weight excluding hydrogens is 278 g/mol. The minimum Gasteiger partial charge on any atom is -0.392 e. The molecule has 0 bridgehead atoms. The molecule has 2 rings (SSSR count). The number of nitrogens with zero attached hydrogens (tertiary/aromatic N) is 1. The summed E-state index contributed by atoms with van der Waals surface area (Å²) in [4.78, 5) is 17.3. The van der Waals surface area contributed by atoms with Gasteiger partial charge in [-0.3, -0.25) is 4.79 Å². The van der Waals surface area contributed by atoms with Gasteiger partial charge in [0.15, 0.2) is 0 Å². The van der Waals surface area contributed by atoms with E-state index in [1.807, 2.05) is 6.92 Å². The van der Waals surface area contributed by atoms with E-state index < -0.39 is 0 Å². The van der Waals surface area contributed by atoms with Crippen molar-refractivity contribution in [2.45, 2.75) is 45.1 Å². The maximum atomic E-state index is 12.2. The lowest BCUT2D eigenvalue weighted by Crippen LogP contribution is -2.48. The smallest absolute Gasteiger partial charge is 0.263 e. The number of hydrogen-bond donors (Lipinski definition) is 2. The Kier molecular flexibility index (Phi) is 4.87. The standard InChI is InChI=1S/C13H19N3OS2/c1-8-15-7-10(19-8)13(17)16-11(12(14)18)9-5-3-2-4-6-9/h7,9,11H,2-6H2,1H3,(H2,14,18)(H,16,17). The molecule has 0 aromatic carbocycles. The molecule has 1 aliphatic rings. The molecule has 0 aliphatic heterocycles. The zero-order chi connectivity index (χ0) is 13.8. The Labute approximate surface area is 122 Å². The van der Waals surface area contributed by atoms with Crippen LogP contribution in [0.25, 0.3) is 0 Å². The number of thiocarbonyl (C=S) groups is 1. The van der Waals surface area contributed by atoms with Crippen molar-refractivity contribution >= 4 is 34.5 Å². The second kappa shape index (κ2) is 6.43. The van der Waals surface area contributed by atoms with E-state index >= 15 is 0 Å². The molecule has 4 nitrogen and oxygen atoms in total. The molecular formula is C13H19N3OS2. The molecule has 3 N–H and O–H groups in total. The SMILES string of the molecule is Cc1ncc(C(=O)NC(C(N)=S)C2CCCCC2)s1. The largest absolute Gasteiger partial charge is 0.392 e. The Morgan fingerprint density at radius 3 is 2.74 bits per heavy atom. The van der Waals surface area contributed by atoms with Crippen LogP contribution in [-0.4, -0.2) is 21.9 Å². The van der Waals surface area contributed by atoms with E-state index in [1.165, 1.54) is 30.6 Å². The zero-order valence-corrected chi connectivity index (χ0v) is 12.6. The average Bonchev–Trinajstić information content (AvgIpc) is 2.83. The van der Waals surface area contributed by atoms with Gasteiger partial charge in [-0.1, -0.05) is 31.5 Å². The number of aryl methyl sites for hydroxylation is 1. The first-order chi connectivity index (χ1) is 9.08. The highest BCUT2D eigenvalue weighted by Gasteiger charge is 2.27. The number of aromatic nitrogens is 1. The summed E-state index contributed by atoms with van der Waals surface area (Å²) in [5, 5.41) is 3.87. The van der Waals surface area contributed by atoms with Gasteiger partial charge in [-0.2, -0.15) is 0 Å². The van der Waals surface area contributed by atoms with E-state index in [0.29, 0.717) is 15.8 Å². The van der Waals surface area contributed by atoms with E-state index in [9.17, 15) is 4.79 Å². The third-order valence-corrected chi connectivity index (χ3v) is 4.72. The van der Waals surface area contributed by atoms with Crippen LogP contribution in [-0.2, 0) is 0 Å². The van der Waals surface area contributed by atoms with Crippen LogP contribution in [0.4, 0.5) is 0 Å². The number of thiazole rings is 1. The first kappa shape index (κ1) is 14.4. The fraction of sp³-hybridized carbons (Fsp3) is 0.615. The minimum absolute atomic E-state index is 0.117. The molecule has 0 spiro atoms. The maximum Gasteiger partial charge on any atom is 0.263 e. The molecule has 19 heavy (non-hydrogen) atoms. The molecule has 1 heterocycles. The monoisotopic (exact) mass is 297 g/mol. The lowest BCUT2D eigenvalue weighted by Gasteiger charge is -2.30. The number of amides is 1. The Bertz CT molecular complexity index is 466. The van der Waals surface area contributed by atoms with Gasteiger partial charge in [-0.25, -0.2) is 4.98 Å². The van der Waals surface area contributed by atoms with Crippen LogP contribution in [0.3, 0.4) is 0 Å². The molecule has 1 aliphatic carbocycles. The van der Waals surface area contributed by atoms with Crippen LogP contribution < -0.4 is 11.1 Å². The van der Waals surface area contributed by atoms with Crippen LogP contribution in [0.5, 0.6) is 0 Å².